The van der Waals surface area contributed by atoms with Crippen LogP contribution in [0.2, 0.25) is 0 Å². The first-order valence-electron chi connectivity index (χ1n) is 13.3. The number of benzene rings is 2. The number of aryl methyl sites for hydroxylation is 1. The van der Waals surface area contributed by atoms with Gasteiger partial charge in [0.1, 0.15) is 17.6 Å². The number of nitrogens with two attached hydrogens (primary N) is 1. The second-order valence-corrected chi connectivity index (χ2v) is 10.8. The number of nitrogen functional groups attached to an aromatic ring is 1. The lowest BCUT2D eigenvalue weighted by molar-refractivity contribution is -0.198. The van der Waals surface area contributed by atoms with E-state index in [4.69, 9.17) is 15.2 Å². The van der Waals surface area contributed by atoms with Gasteiger partial charge >= 0.3 is 12.1 Å². The van der Waals surface area contributed by atoms with Gasteiger partial charge in [0, 0.05) is 31.3 Å². The number of halogens is 3. The molecule has 41 heavy (non-hydrogen) atoms. The first-order valence-corrected chi connectivity index (χ1v) is 13.3. The molecule has 2 aliphatic heterocycles. The third-order valence-electron chi connectivity index (χ3n) is 7.88. The van der Waals surface area contributed by atoms with Gasteiger partial charge in [0.25, 0.3) is 0 Å². The summed E-state index contributed by atoms with van der Waals surface area (Å²) in [6.45, 7) is 3.63. The number of nitrogens with zero attached hydrogens (tertiary/aromatic N) is 3. The van der Waals surface area contributed by atoms with Gasteiger partial charge in [0.05, 0.1) is 7.11 Å². The van der Waals surface area contributed by atoms with Gasteiger partial charge in [-0.2, -0.15) is 23.1 Å². The van der Waals surface area contributed by atoms with E-state index in [0.29, 0.717) is 50.5 Å². The highest BCUT2D eigenvalue weighted by Crippen LogP contribution is 2.41. The molecule has 2 fully saturated rings. The molecule has 218 valence electrons. The van der Waals surface area contributed by atoms with Gasteiger partial charge in [-0.05, 0) is 60.4 Å². The molecule has 0 bridgehead atoms. The lowest BCUT2D eigenvalue weighted by Gasteiger charge is -2.39. The van der Waals surface area contributed by atoms with Crippen LogP contribution in [0, 0.1) is 12.3 Å². The maximum absolute atomic E-state index is 14.2. The summed E-state index contributed by atoms with van der Waals surface area (Å²) in [6, 6.07) is 12.4. The molecule has 2 aromatic carbocycles. The predicted molar refractivity (Wildman–Crippen MR) is 147 cm³/mol. The zero-order valence-corrected chi connectivity index (χ0v) is 22.7. The monoisotopic (exact) mass is 571 g/mol. The van der Waals surface area contributed by atoms with E-state index < -0.39 is 24.3 Å². The summed E-state index contributed by atoms with van der Waals surface area (Å²) in [6.07, 6.45) is -5.02. The fraction of sp³-hybridized carbons (Fsp3) is 0.414. The Morgan fingerprint density at radius 2 is 1.83 bits per heavy atom. The number of ether oxygens (including phenoxy) is 2. The summed E-state index contributed by atoms with van der Waals surface area (Å²) < 4.78 is 53.4. The molecular formula is C29H32F3N5O4. The summed E-state index contributed by atoms with van der Waals surface area (Å²) >= 11 is 0. The SMILES string of the molecule is COc1cc(C)cc(-c2ccc([C@@H](Oc3cc(N4CCC5(CC4)CN[C@H](C(=O)O)C5)nc(N)n3)C(F)(F)F)cc2)c1. The van der Waals surface area contributed by atoms with Gasteiger partial charge < -0.3 is 30.5 Å². The summed E-state index contributed by atoms with van der Waals surface area (Å²) in [4.78, 5) is 21.4. The number of aliphatic carboxylic acids is 1. The molecule has 0 amide bonds. The molecule has 0 saturated carbocycles. The Hall–Kier alpha value is -4.06. The van der Waals surface area contributed by atoms with Crippen molar-refractivity contribution in [3.05, 3.63) is 59.7 Å². The van der Waals surface area contributed by atoms with Crippen LogP contribution in [0.3, 0.4) is 0 Å². The molecule has 12 heteroatoms. The lowest BCUT2D eigenvalue weighted by atomic mass is 9.76. The van der Waals surface area contributed by atoms with Gasteiger partial charge in [-0.25, -0.2) is 0 Å². The van der Waals surface area contributed by atoms with Crippen LogP contribution >= 0.6 is 0 Å². The number of carboxylic acids is 1. The maximum atomic E-state index is 14.2. The van der Waals surface area contributed by atoms with Crippen molar-refractivity contribution in [1.82, 2.24) is 15.3 Å². The van der Waals surface area contributed by atoms with Gasteiger partial charge in [-0.15, -0.1) is 0 Å². The molecule has 1 aromatic heterocycles. The molecule has 1 spiro atoms. The van der Waals surface area contributed by atoms with E-state index in [9.17, 15) is 23.1 Å². The van der Waals surface area contributed by atoms with Gasteiger partial charge in [-0.1, -0.05) is 30.3 Å². The van der Waals surface area contributed by atoms with Crippen molar-refractivity contribution < 1.29 is 32.5 Å². The average molecular weight is 572 g/mol. The number of anilines is 2. The largest absolute Gasteiger partial charge is 0.497 e. The predicted octanol–water partition coefficient (Wildman–Crippen LogP) is 4.76. The Labute approximate surface area is 235 Å². The average Bonchev–Trinajstić information content (AvgIpc) is 3.35. The molecule has 0 aliphatic carbocycles. The number of rotatable bonds is 7. The number of nitrogens with one attached hydrogen (secondary N) is 1. The Morgan fingerprint density at radius 3 is 2.44 bits per heavy atom. The van der Waals surface area contributed by atoms with Crippen LogP contribution in [0.15, 0.2) is 48.5 Å². The Morgan fingerprint density at radius 1 is 1.12 bits per heavy atom. The number of hydrogen-bond acceptors (Lipinski definition) is 8. The van der Waals surface area contributed by atoms with Crippen LogP contribution in [0.1, 0.15) is 36.5 Å². The zero-order chi connectivity index (χ0) is 29.4. The van der Waals surface area contributed by atoms with Crippen LogP contribution in [0.5, 0.6) is 11.6 Å². The summed E-state index contributed by atoms with van der Waals surface area (Å²) in [7, 11) is 1.56. The molecule has 9 nitrogen and oxygen atoms in total. The number of alkyl halides is 3. The minimum absolute atomic E-state index is 0.0822. The summed E-state index contributed by atoms with van der Waals surface area (Å²) in [5.41, 5.74) is 8.19. The minimum Gasteiger partial charge on any atom is -0.497 e. The number of methoxy groups -OCH3 is 1. The van der Waals surface area contributed by atoms with E-state index in [1.165, 1.54) is 18.2 Å². The first kappa shape index (κ1) is 28.5. The van der Waals surface area contributed by atoms with Crippen LogP contribution in [0.4, 0.5) is 24.9 Å². The molecule has 0 unspecified atom stereocenters. The number of piperidine rings is 1. The molecule has 0 radical (unpaired) electrons. The van der Waals surface area contributed by atoms with Crippen molar-refractivity contribution in [2.45, 2.75) is 44.5 Å². The van der Waals surface area contributed by atoms with E-state index in [2.05, 4.69) is 15.3 Å². The van der Waals surface area contributed by atoms with Crippen molar-refractivity contribution in [2.75, 3.05) is 37.4 Å². The van der Waals surface area contributed by atoms with Gasteiger partial charge in [-0.3, -0.25) is 4.79 Å². The van der Waals surface area contributed by atoms with E-state index in [1.807, 2.05) is 30.0 Å². The second kappa shape index (κ2) is 11.1. The number of carboxylic acid groups (broad SMARTS) is 1. The number of hydrogen-bond donors (Lipinski definition) is 3. The lowest BCUT2D eigenvalue weighted by Crippen LogP contribution is -2.41. The van der Waals surface area contributed by atoms with Crippen molar-refractivity contribution in [3.63, 3.8) is 0 Å². The van der Waals surface area contributed by atoms with Crippen LogP contribution in [-0.4, -0.2) is 60.0 Å². The van der Waals surface area contributed by atoms with Crippen LogP contribution in [0.25, 0.3) is 11.1 Å². The van der Waals surface area contributed by atoms with E-state index in [-0.39, 0.29) is 22.8 Å². The summed E-state index contributed by atoms with van der Waals surface area (Å²) in [5.74, 6) is -0.315. The van der Waals surface area contributed by atoms with E-state index in [1.54, 1.807) is 19.2 Å². The molecule has 5 rings (SSSR count). The maximum Gasteiger partial charge on any atom is 0.429 e. The zero-order valence-electron chi connectivity index (χ0n) is 22.7. The third kappa shape index (κ3) is 6.32. The Bertz CT molecular complexity index is 1410. The highest BCUT2D eigenvalue weighted by molar-refractivity contribution is 5.74. The number of aromatic nitrogens is 2. The van der Waals surface area contributed by atoms with Gasteiger partial charge in [0.2, 0.25) is 17.9 Å². The van der Waals surface area contributed by atoms with Crippen molar-refractivity contribution in [3.8, 4) is 22.8 Å². The fourth-order valence-corrected chi connectivity index (χ4v) is 5.66. The van der Waals surface area contributed by atoms with Gasteiger partial charge in [0.15, 0.2) is 0 Å². The highest BCUT2D eigenvalue weighted by Gasteiger charge is 2.45. The summed E-state index contributed by atoms with van der Waals surface area (Å²) in [5, 5.41) is 12.4. The Balaban J connectivity index is 1.33. The molecule has 3 heterocycles. The van der Waals surface area contributed by atoms with Crippen molar-refractivity contribution in [1.29, 1.82) is 0 Å². The fourth-order valence-electron chi connectivity index (χ4n) is 5.66. The van der Waals surface area contributed by atoms with Crippen molar-refractivity contribution >= 4 is 17.7 Å². The van der Waals surface area contributed by atoms with Crippen LogP contribution in [-0.2, 0) is 4.79 Å². The molecule has 4 N–H and O–H groups in total. The molecular weight excluding hydrogens is 539 g/mol. The smallest absolute Gasteiger partial charge is 0.429 e. The molecule has 2 saturated heterocycles. The third-order valence-corrected chi connectivity index (χ3v) is 7.88. The van der Waals surface area contributed by atoms with E-state index >= 15 is 0 Å². The molecule has 3 aromatic rings. The first-order chi connectivity index (χ1) is 19.4. The van der Waals surface area contributed by atoms with Crippen LogP contribution < -0.4 is 25.4 Å². The molecule has 2 aliphatic rings. The minimum atomic E-state index is -4.72. The van der Waals surface area contributed by atoms with E-state index in [0.717, 1.165) is 16.7 Å². The topological polar surface area (TPSA) is 123 Å². The quantitative estimate of drug-likeness (QED) is 0.368. The number of carbonyl (C=O) groups is 1. The standard InChI is InChI=1S/C29H32F3N5O4/c1-17-11-20(13-21(12-17)40-2)18-3-5-19(6-4-18)25(29(30,31)32)41-24-14-23(35-27(33)36-24)37-9-7-28(8-10-37)15-22(26(38)39)34-16-28/h3-6,11-14,22,25,34H,7-10,15-16H2,1-2H3,(H,38,39)(H2,33,35,36)/t22-,25+/m0/s1. The normalized spacial score (nSPS) is 19.2. The molecule has 2 atom stereocenters. The highest BCUT2D eigenvalue weighted by atomic mass is 19.4. The van der Waals surface area contributed by atoms with Crippen molar-refractivity contribution in [2.24, 2.45) is 5.41 Å². The second-order valence-electron chi connectivity index (χ2n) is 10.8. The Kier molecular flexibility index (Phi) is 7.69.